The van der Waals surface area contributed by atoms with E-state index in [-0.39, 0.29) is 18.3 Å². The van der Waals surface area contributed by atoms with Gasteiger partial charge >= 0.3 is 0 Å². The molecule has 0 unspecified atom stereocenters. The van der Waals surface area contributed by atoms with E-state index in [1.165, 1.54) is 0 Å². The fourth-order valence-corrected chi connectivity index (χ4v) is 4.11. The summed E-state index contributed by atoms with van der Waals surface area (Å²) in [6, 6.07) is 8.18. The van der Waals surface area contributed by atoms with Crippen molar-refractivity contribution >= 4 is 35.6 Å². The maximum absolute atomic E-state index is 13.0. The van der Waals surface area contributed by atoms with E-state index in [2.05, 4.69) is 26.6 Å². The Kier molecular flexibility index (Phi) is 6.80. The zero-order valence-corrected chi connectivity index (χ0v) is 17.5. The Labute approximate surface area is 176 Å². The topological polar surface area (TPSA) is 66.3 Å². The van der Waals surface area contributed by atoms with Gasteiger partial charge in [-0.1, -0.05) is 22.9 Å². The van der Waals surface area contributed by atoms with Gasteiger partial charge in [-0.15, -0.1) is 17.5 Å². The lowest BCUT2D eigenvalue weighted by atomic mass is 10.1. The third-order valence-corrected chi connectivity index (χ3v) is 5.76. The van der Waals surface area contributed by atoms with Crippen LogP contribution in [-0.4, -0.2) is 65.1 Å². The summed E-state index contributed by atoms with van der Waals surface area (Å²) in [5, 5.41) is 12.6. The second-order valence-electron chi connectivity index (χ2n) is 7.21. The number of anilines is 1. The predicted octanol–water partition coefficient (Wildman–Crippen LogP) is 2.55. The first-order valence-corrected chi connectivity index (χ1v) is 9.93. The number of halogens is 2. The van der Waals surface area contributed by atoms with Crippen molar-refractivity contribution in [3.8, 4) is 0 Å². The second kappa shape index (κ2) is 9.11. The predicted molar refractivity (Wildman–Crippen MR) is 113 cm³/mol. The summed E-state index contributed by atoms with van der Waals surface area (Å²) in [6.07, 6.45) is 2.05. The van der Waals surface area contributed by atoms with Crippen molar-refractivity contribution in [2.75, 3.05) is 44.2 Å². The molecule has 0 atom stereocenters. The van der Waals surface area contributed by atoms with Crippen molar-refractivity contribution in [1.29, 1.82) is 0 Å². The van der Waals surface area contributed by atoms with E-state index in [1.54, 1.807) is 0 Å². The molecular weight excluding hydrogens is 399 g/mol. The van der Waals surface area contributed by atoms with Gasteiger partial charge in [0.2, 0.25) is 0 Å². The third kappa shape index (κ3) is 4.26. The Hall–Kier alpha value is -1.83. The average Bonchev–Trinajstić information content (AvgIpc) is 3.09. The Balaban J connectivity index is 0.00000225. The van der Waals surface area contributed by atoms with Gasteiger partial charge in [-0.25, -0.2) is 4.68 Å². The molecule has 28 heavy (non-hydrogen) atoms. The SMILES string of the molecule is Cc1c(C(=O)N2CCN(c3cccc(Cl)c3)CC2)nnn1C1CCNCC1.Cl. The summed E-state index contributed by atoms with van der Waals surface area (Å²) in [5.41, 5.74) is 2.47. The van der Waals surface area contributed by atoms with Crippen LogP contribution < -0.4 is 10.2 Å². The first kappa shape index (κ1) is 20.9. The number of rotatable bonds is 3. The normalized spacial score (nSPS) is 18.1. The van der Waals surface area contributed by atoms with Gasteiger partial charge in [-0.2, -0.15) is 0 Å². The van der Waals surface area contributed by atoms with Gasteiger partial charge < -0.3 is 15.1 Å². The van der Waals surface area contributed by atoms with Crippen molar-refractivity contribution in [1.82, 2.24) is 25.2 Å². The summed E-state index contributed by atoms with van der Waals surface area (Å²) in [5.74, 6) is -0.0153. The quantitative estimate of drug-likeness (QED) is 0.819. The van der Waals surface area contributed by atoms with Crippen LogP contribution >= 0.6 is 24.0 Å². The molecule has 1 amide bonds. The Bertz CT molecular complexity index is 813. The number of hydrogen-bond acceptors (Lipinski definition) is 5. The summed E-state index contributed by atoms with van der Waals surface area (Å²) in [4.78, 5) is 17.1. The summed E-state index contributed by atoms with van der Waals surface area (Å²) < 4.78 is 1.94. The van der Waals surface area contributed by atoms with E-state index in [0.29, 0.717) is 24.8 Å². The highest BCUT2D eigenvalue weighted by molar-refractivity contribution is 6.30. The molecule has 1 aromatic carbocycles. The maximum atomic E-state index is 13.0. The molecule has 2 saturated heterocycles. The van der Waals surface area contributed by atoms with Crippen LogP contribution in [0.1, 0.15) is 35.1 Å². The molecule has 7 nitrogen and oxygen atoms in total. The Morgan fingerprint density at radius 3 is 2.57 bits per heavy atom. The number of piperazine rings is 1. The zero-order chi connectivity index (χ0) is 18.8. The summed E-state index contributed by atoms with van der Waals surface area (Å²) >= 11 is 6.09. The molecule has 0 spiro atoms. The minimum Gasteiger partial charge on any atom is -0.368 e. The number of piperidine rings is 1. The molecule has 2 fully saturated rings. The van der Waals surface area contributed by atoms with Gasteiger partial charge in [-0.05, 0) is 51.1 Å². The number of carbonyl (C=O) groups is 1. The number of nitrogens with one attached hydrogen (secondary N) is 1. The van der Waals surface area contributed by atoms with Gasteiger partial charge in [0.25, 0.3) is 5.91 Å². The van der Waals surface area contributed by atoms with Gasteiger partial charge in [0, 0.05) is 36.9 Å². The van der Waals surface area contributed by atoms with Crippen molar-refractivity contribution < 1.29 is 4.79 Å². The lowest BCUT2D eigenvalue weighted by molar-refractivity contribution is 0.0740. The molecule has 1 aromatic heterocycles. The van der Waals surface area contributed by atoms with Crippen molar-refractivity contribution in [2.24, 2.45) is 0 Å². The number of amides is 1. The molecule has 2 aliphatic rings. The Morgan fingerprint density at radius 2 is 1.89 bits per heavy atom. The van der Waals surface area contributed by atoms with Gasteiger partial charge in [0.1, 0.15) is 0 Å². The van der Waals surface area contributed by atoms with Crippen LogP contribution in [0.5, 0.6) is 0 Å². The molecule has 0 bridgehead atoms. The summed E-state index contributed by atoms with van der Waals surface area (Å²) in [6.45, 7) is 6.84. The highest BCUT2D eigenvalue weighted by Crippen LogP contribution is 2.23. The fourth-order valence-electron chi connectivity index (χ4n) is 3.93. The molecule has 4 rings (SSSR count). The van der Waals surface area contributed by atoms with Crippen LogP contribution in [0.4, 0.5) is 5.69 Å². The van der Waals surface area contributed by atoms with E-state index < -0.39 is 0 Å². The van der Waals surface area contributed by atoms with E-state index in [0.717, 1.165) is 55.4 Å². The number of benzene rings is 1. The monoisotopic (exact) mass is 424 g/mol. The zero-order valence-electron chi connectivity index (χ0n) is 16.0. The molecule has 2 aliphatic heterocycles. The highest BCUT2D eigenvalue weighted by atomic mass is 35.5. The molecule has 3 heterocycles. The first-order valence-electron chi connectivity index (χ1n) is 9.56. The lowest BCUT2D eigenvalue weighted by Gasteiger charge is -2.36. The van der Waals surface area contributed by atoms with Crippen LogP contribution in [0.15, 0.2) is 24.3 Å². The minimum atomic E-state index is -0.0153. The van der Waals surface area contributed by atoms with E-state index in [1.807, 2.05) is 34.7 Å². The lowest BCUT2D eigenvalue weighted by Crippen LogP contribution is -2.49. The average molecular weight is 425 g/mol. The van der Waals surface area contributed by atoms with Gasteiger partial charge in [0.15, 0.2) is 5.69 Å². The van der Waals surface area contributed by atoms with Crippen LogP contribution in [0.2, 0.25) is 5.02 Å². The first-order chi connectivity index (χ1) is 13.1. The number of hydrogen-bond donors (Lipinski definition) is 1. The van der Waals surface area contributed by atoms with Crippen LogP contribution in [-0.2, 0) is 0 Å². The molecule has 1 N–H and O–H groups in total. The smallest absolute Gasteiger partial charge is 0.276 e. The number of aromatic nitrogens is 3. The van der Waals surface area contributed by atoms with Crippen molar-refractivity contribution in [3.05, 3.63) is 40.7 Å². The highest BCUT2D eigenvalue weighted by Gasteiger charge is 2.28. The fraction of sp³-hybridized carbons (Fsp3) is 0.526. The van der Waals surface area contributed by atoms with Gasteiger partial charge in [-0.3, -0.25) is 4.79 Å². The number of nitrogens with zero attached hydrogens (tertiary/aromatic N) is 5. The summed E-state index contributed by atoms with van der Waals surface area (Å²) in [7, 11) is 0. The van der Waals surface area contributed by atoms with E-state index in [4.69, 9.17) is 11.6 Å². The van der Waals surface area contributed by atoms with Crippen molar-refractivity contribution in [2.45, 2.75) is 25.8 Å². The Morgan fingerprint density at radius 1 is 1.18 bits per heavy atom. The van der Waals surface area contributed by atoms with Crippen LogP contribution in [0.25, 0.3) is 0 Å². The molecule has 9 heteroatoms. The largest absolute Gasteiger partial charge is 0.368 e. The van der Waals surface area contributed by atoms with E-state index in [9.17, 15) is 4.79 Å². The molecule has 152 valence electrons. The van der Waals surface area contributed by atoms with Crippen LogP contribution in [0.3, 0.4) is 0 Å². The standard InChI is InChI=1S/C19H25ClN6O.ClH/c1-14-18(22-23-26(14)16-5-7-21-8-6-16)19(27)25-11-9-24(10-12-25)17-4-2-3-15(20)13-17;/h2-4,13,16,21H,5-12H2,1H3;1H. The molecule has 0 saturated carbocycles. The molecule has 0 radical (unpaired) electrons. The second-order valence-corrected chi connectivity index (χ2v) is 7.64. The third-order valence-electron chi connectivity index (χ3n) is 5.52. The maximum Gasteiger partial charge on any atom is 0.276 e. The van der Waals surface area contributed by atoms with Gasteiger partial charge in [0.05, 0.1) is 11.7 Å². The van der Waals surface area contributed by atoms with E-state index >= 15 is 0 Å². The molecule has 0 aliphatic carbocycles. The molecule has 2 aromatic rings. The number of carbonyl (C=O) groups excluding carboxylic acids is 1. The molecular formula is C19H26Cl2N6O. The minimum absolute atomic E-state index is 0. The van der Waals surface area contributed by atoms with Crippen molar-refractivity contribution in [3.63, 3.8) is 0 Å². The van der Waals surface area contributed by atoms with Crippen LogP contribution in [0, 0.1) is 6.92 Å².